The maximum Gasteiger partial charge on any atom is 0.134 e. The van der Waals surface area contributed by atoms with E-state index in [1.807, 2.05) is 12.1 Å². The molecular formula is C17H22BrNO2. The Morgan fingerprint density at radius 3 is 2.95 bits per heavy atom. The summed E-state index contributed by atoms with van der Waals surface area (Å²) < 4.78 is 6.97. The van der Waals surface area contributed by atoms with Gasteiger partial charge in [-0.1, -0.05) is 28.8 Å². The number of nitrogens with one attached hydrogen (secondary N) is 1. The van der Waals surface area contributed by atoms with Gasteiger partial charge in [0.2, 0.25) is 0 Å². The molecule has 0 bridgehead atoms. The van der Waals surface area contributed by atoms with E-state index in [-0.39, 0.29) is 12.1 Å². The molecule has 0 saturated heterocycles. The van der Waals surface area contributed by atoms with Crippen molar-refractivity contribution in [3.05, 3.63) is 34.5 Å². The van der Waals surface area contributed by atoms with E-state index in [0.29, 0.717) is 5.92 Å². The third-order valence-electron chi connectivity index (χ3n) is 4.48. The molecular weight excluding hydrogens is 330 g/mol. The number of benzene rings is 1. The van der Waals surface area contributed by atoms with Gasteiger partial charge in [-0.05, 0) is 49.9 Å². The predicted molar refractivity (Wildman–Crippen MR) is 88.3 cm³/mol. The Morgan fingerprint density at radius 1 is 1.33 bits per heavy atom. The summed E-state index contributed by atoms with van der Waals surface area (Å²) in [6.45, 7) is 2.96. The zero-order chi connectivity index (χ0) is 14.8. The monoisotopic (exact) mass is 351 g/mol. The molecule has 2 aromatic rings. The summed E-state index contributed by atoms with van der Waals surface area (Å²) in [6.07, 6.45) is 4.31. The first-order valence-corrected chi connectivity index (χ1v) is 8.53. The van der Waals surface area contributed by atoms with Crippen LogP contribution in [0.3, 0.4) is 0 Å². The molecule has 0 radical (unpaired) electrons. The van der Waals surface area contributed by atoms with Crippen molar-refractivity contribution in [2.75, 3.05) is 6.54 Å². The molecule has 114 valence electrons. The van der Waals surface area contributed by atoms with Crippen LogP contribution in [0.2, 0.25) is 0 Å². The van der Waals surface area contributed by atoms with Crippen molar-refractivity contribution in [2.24, 2.45) is 5.92 Å². The molecule has 2 N–H and O–H groups in total. The smallest absolute Gasteiger partial charge is 0.134 e. The van der Waals surface area contributed by atoms with Gasteiger partial charge in [0.25, 0.3) is 0 Å². The standard InChI is InChI=1S/C17H22BrNO2/c1-11(19-10-12-4-2-3-5-15(12)20)17-9-13-8-14(18)6-7-16(13)21-17/h6-9,11-12,15,19-20H,2-5,10H2,1H3. The molecule has 0 amide bonds. The lowest BCUT2D eigenvalue weighted by Gasteiger charge is -2.28. The van der Waals surface area contributed by atoms with Crippen LogP contribution < -0.4 is 5.32 Å². The summed E-state index contributed by atoms with van der Waals surface area (Å²) in [6, 6.07) is 8.30. The van der Waals surface area contributed by atoms with Gasteiger partial charge in [-0.25, -0.2) is 0 Å². The van der Waals surface area contributed by atoms with E-state index in [9.17, 15) is 5.11 Å². The normalized spacial score (nSPS) is 24.3. The summed E-state index contributed by atoms with van der Waals surface area (Å²) >= 11 is 3.48. The van der Waals surface area contributed by atoms with Gasteiger partial charge in [0, 0.05) is 16.4 Å². The first kappa shape index (κ1) is 15.1. The molecule has 0 spiro atoms. The van der Waals surface area contributed by atoms with E-state index in [1.54, 1.807) is 0 Å². The second-order valence-corrected chi connectivity index (χ2v) is 6.99. The number of hydrogen-bond donors (Lipinski definition) is 2. The van der Waals surface area contributed by atoms with Crippen LogP contribution in [-0.2, 0) is 0 Å². The minimum Gasteiger partial charge on any atom is -0.459 e. The maximum absolute atomic E-state index is 10.0. The Bertz CT molecular complexity index is 610. The number of aliphatic hydroxyl groups excluding tert-OH is 1. The summed E-state index contributed by atoms with van der Waals surface area (Å²) in [7, 11) is 0. The molecule has 1 aromatic heterocycles. The molecule has 3 unspecified atom stereocenters. The SMILES string of the molecule is CC(NCC1CCCCC1O)c1cc2cc(Br)ccc2o1. The Morgan fingerprint density at radius 2 is 2.14 bits per heavy atom. The molecule has 1 heterocycles. The molecule has 3 nitrogen and oxygen atoms in total. The van der Waals surface area contributed by atoms with Crippen LogP contribution in [0.4, 0.5) is 0 Å². The second-order valence-electron chi connectivity index (χ2n) is 6.07. The summed E-state index contributed by atoms with van der Waals surface area (Å²) in [5, 5.41) is 14.7. The molecule has 3 rings (SSSR count). The van der Waals surface area contributed by atoms with Crippen molar-refractivity contribution in [3.63, 3.8) is 0 Å². The van der Waals surface area contributed by atoms with E-state index in [2.05, 4.69) is 40.3 Å². The highest BCUT2D eigenvalue weighted by Gasteiger charge is 2.23. The Balaban J connectivity index is 1.64. The first-order chi connectivity index (χ1) is 10.1. The predicted octanol–water partition coefficient (Wildman–Crippen LogP) is 4.40. The van der Waals surface area contributed by atoms with E-state index in [1.165, 1.54) is 6.42 Å². The number of halogens is 1. The highest BCUT2D eigenvalue weighted by molar-refractivity contribution is 9.10. The highest BCUT2D eigenvalue weighted by Crippen LogP contribution is 2.28. The van der Waals surface area contributed by atoms with Gasteiger partial charge in [0.1, 0.15) is 11.3 Å². The van der Waals surface area contributed by atoms with Crippen molar-refractivity contribution < 1.29 is 9.52 Å². The van der Waals surface area contributed by atoms with Gasteiger partial charge in [0.15, 0.2) is 0 Å². The first-order valence-electron chi connectivity index (χ1n) is 7.74. The Labute approximate surface area is 133 Å². The fraction of sp³-hybridized carbons (Fsp3) is 0.529. The van der Waals surface area contributed by atoms with Crippen LogP contribution in [0, 0.1) is 5.92 Å². The number of aliphatic hydroxyl groups is 1. The van der Waals surface area contributed by atoms with Crippen LogP contribution >= 0.6 is 15.9 Å². The molecule has 1 aliphatic carbocycles. The van der Waals surface area contributed by atoms with Crippen LogP contribution in [0.25, 0.3) is 11.0 Å². The molecule has 4 heteroatoms. The van der Waals surface area contributed by atoms with Gasteiger partial charge in [-0.15, -0.1) is 0 Å². The third-order valence-corrected chi connectivity index (χ3v) is 4.97. The summed E-state index contributed by atoms with van der Waals surface area (Å²) in [5.74, 6) is 1.33. The molecule has 3 atom stereocenters. The quantitative estimate of drug-likeness (QED) is 0.858. The van der Waals surface area contributed by atoms with Gasteiger partial charge >= 0.3 is 0 Å². The molecule has 1 aliphatic rings. The van der Waals surface area contributed by atoms with Crippen molar-refractivity contribution in [3.8, 4) is 0 Å². The fourth-order valence-corrected chi connectivity index (χ4v) is 3.48. The average molecular weight is 352 g/mol. The van der Waals surface area contributed by atoms with Crippen molar-refractivity contribution >= 4 is 26.9 Å². The Kier molecular flexibility index (Phi) is 4.67. The lowest BCUT2D eigenvalue weighted by molar-refractivity contribution is 0.0680. The minimum absolute atomic E-state index is 0.148. The van der Waals surface area contributed by atoms with Gasteiger partial charge in [-0.2, -0.15) is 0 Å². The van der Waals surface area contributed by atoms with Crippen LogP contribution in [-0.4, -0.2) is 17.8 Å². The van der Waals surface area contributed by atoms with Crippen molar-refractivity contribution in [1.82, 2.24) is 5.32 Å². The van der Waals surface area contributed by atoms with Gasteiger partial charge in [0.05, 0.1) is 12.1 Å². The molecule has 21 heavy (non-hydrogen) atoms. The lowest BCUT2D eigenvalue weighted by Crippen LogP contribution is -2.34. The maximum atomic E-state index is 10.0. The van der Waals surface area contributed by atoms with E-state index in [0.717, 1.165) is 47.0 Å². The Hall–Kier alpha value is -0.840. The largest absolute Gasteiger partial charge is 0.459 e. The second kappa shape index (κ2) is 6.51. The number of furan rings is 1. The molecule has 0 aliphatic heterocycles. The van der Waals surface area contributed by atoms with E-state index >= 15 is 0 Å². The zero-order valence-corrected chi connectivity index (χ0v) is 13.9. The van der Waals surface area contributed by atoms with Crippen LogP contribution in [0.15, 0.2) is 33.2 Å². The minimum atomic E-state index is -0.148. The van der Waals surface area contributed by atoms with E-state index in [4.69, 9.17) is 4.42 Å². The van der Waals surface area contributed by atoms with Crippen molar-refractivity contribution in [1.29, 1.82) is 0 Å². The molecule has 1 saturated carbocycles. The summed E-state index contributed by atoms with van der Waals surface area (Å²) in [4.78, 5) is 0. The number of hydrogen-bond acceptors (Lipinski definition) is 3. The molecule has 1 aromatic carbocycles. The highest BCUT2D eigenvalue weighted by atomic mass is 79.9. The van der Waals surface area contributed by atoms with E-state index < -0.39 is 0 Å². The third kappa shape index (κ3) is 3.50. The lowest BCUT2D eigenvalue weighted by atomic mass is 9.86. The van der Waals surface area contributed by atoms with Crippen LogP contribution in [0.1, 0.15) is 44.4 Å². The molecule has 1 fully saturated rings. The van der Waals surface area contributed by atoms with Crippen LogP contribution in [0.5, 0.6) is 0 Å². The zero-order valence-electron chi connectivity index (χ0n) is 12.3. The topological polar surface area (TPSA) is 45.4 Å². The average Bonchev–Trinajstić information content (AvgIpc) is 2.89. The van der Waals surface area contributed by atoms with Gasteiger partial charge in [-0.3, -0.25) is 0 Å². The van der Waals surface area contributed by atoms with Crippen molar-refractivity contribution in [2.45, 2.75) is 44.8 Å². The fourth-order valence-electron chi connectivity index (χ4n) is 3.10. The number of fused-ring (bicyclic) bond motifs is 1. The van der Waals surface area contributed by atoms with Gasteiger partial charge < -0.3 is 14.8 Å². The summed E-state index contributed by atoms with van der Waals surface area (Å²) in [5.41, 5.74) is 0.916. The number of rotatable bonds is 4.